The van der Waals surface area contributed by atoms with Gasteiger partial charge in [0.15, 0.2) is 11.3 Å². The number of benzene rings is 1. The second kappa shape index (κ2) is 15.2. The molecule has 0 radical (unpaired) electrons. The van der Waals surface area contributed by atoms with E-state index in [0.717, 1.165) is 0 Å². The van der Waals surface area contributed by atoms with E-state index >= 15 is 0 Å². The number of nitrogens with zero attached hydrogens (tertiary/aromatic N) is 5. The van der Waals surface area contributed by atoms with E-state index in [2.05, 4.69) is 31.2 Å². The van der Waals surface area contributed by atoms with E-state index in [-0.39, 0.29) is 83.6 Å². The van der Waals surface area contributed by atoms with E-state index in [1.54, 1.807) is 44.2 Å². The number of anilines is 3. The van der Waals surface area contributed by atoms with Gasteiger partial charge in [0, 0.05) is 58.8 Å². The van der Waals surface area contributed by atoms with Crippen molar-refractivity contribution in [1.29, 1.82) is 5.41 Å². The van der Waals surface area contributed by atoms with E-state index in [9.17, 15) is 29.3 Å². The molecule has 0 spiro atoms. The van der Waals surface area contributed by atoms with Crippen molar-refractivity contribution in [1.82, 2.24) is 29.0 Å². The number of amidine groups is 1. The van der Waals surface area contributed by atoms with Gasteiger partial charge in [-0.05, 0) is 24.3 Å². The highest BCUT2D eigenvalue weighted by molar-refractivity contribution is 6.09. The van der Waals surface area contributed by atoms with E-state index in [4.69, 9.17) is 11.1 Å². The van der Waals surface area contributed by atoms with Gasteiger partial charge in [0.1, 0.15) is 17.1 Å². The van der Waals surface area contributed by atoms with Crippen LogP contribution in [0.15, 0.2) is 55.0 Å². The average Bonchev–Trinajstić information content (AvgIpc) is 3.77. The summed E-state index contributed by atoms with van der Waals surface area (Å²) in [4.78, 5) is 69.0. The number of fused-ring (bicyclic) bond motifs is 1. The molecule has 5 aromatic rings. The number of halogens is 2. The van der Waals surface area contributed by atoms with Gasteiger partial charge < -0.3 is 45.7 Å². The molecule has 0 saturated carbocycles. The summed E-state index contributed by atoms with van der Waals surface area (Å²) < 4.78 is 4.57. The van der Waals surface area contributed by atoms with Crippen LogP contribution >= 0.6 is 24.8 Å². The summed E-state index contributed by atoms with van der Waals surface area (Å²) in [5.74, 6) is -2.24. The molecule has 5 rings (SSSR count). The number of imidazole rings is 1. The summed E-state index contributed by atoms with van der Waals surface area (Å²) in [7, 11) is 4.89. The van der Waals surface area contributed by atoms with Gasteiger partial charge in [-0.15, -0.1) is 24.8 Å². The Morgan fingerprint density at radius 3 is 1.78 bits per heavy atom. The summed E-state index contributed by atoms with van der Waals surface area (Å²) in [5, 5.41) is 29.3. The maximum Gasteiger partial charge on any atom is 0.297 e. The molecular formula is C29H32Cl2N12O6. The average molecular weight is 716 g/mol. The van der Waals surface area contributed by atoms with Crippen LogP contribution in [-0.2, 0) is 21.1 Å². The number of non-ortho nitro benzene ring substituents is 1. The maximum atomic E-state index is 13.1. The molecule has 0 aliphatic heterocycles. The number of nitro groups is 1. The van der Waals surface area contributed by atoms with Crippen LogP contribution in [0.4, 0.5) is 22.7 Å². The Morgan fingerprint density at radius 2 is 1.31 bits per heavy atom. The smallest absolute Gasteiger partial charge is 0.297 e. The van der Waals surface area contributed by atoms with Gasteiger partial charge in [-0.2, -0.15) is 0 Å². The lowest BCUT2D eigenvalue weighted by Crippen LogP contribution is -2.28. The minimum absolute atomic E-state index is 0. The summed E-state index contributed by atoms with van der Waals surface area (Å²) >= 11 is 0. The molecule has 8 N–H and O–H groups in total. The minimum atomic E-state index is -0.661. The predicted octanol–water partition coefficient (Wildman–Crippen LogP) is 3.14. The molecule has 0 atom stereocenters. The first-order chi connectivity index (χ1) is 22.3. The van der Waals surface area contributed by atoms with Gasteiger partial charge in [-0.3, -0.25) is 34.7 Å². The van der Waals surface area contributed by atoms with Crippen LogP contribution < -0.4 is 27.0 Å². The Bertz CT molecular complexity index is 2090. The van der Waals surface area contributed by atoms with E-state index in [1.807, 2.05) is 0 Å². The summed E-state index contributed by atoms with van der Waals surface area (Å²) in [5.41, 5.74) is 7.14. The number of amides is 4. The second-order valence-corrected chi connectivity index (χ2v) is 10.6. The first-order valence-electron chi connectivity index (χ1n) is 14.0. The molecule has 0 unspecified atom stereocenters. The van der Waals surface area contributed by atoms with Crippen LogP contribution in [0.1, 0.15) is 48.5 Å². The van der Waals surface area contributed by atoms with Crippen molar-refractivity contribution in [3.8, 4) is 0 Å². The number of H-pyrrole nitrogens is 1. The van der Waals surface area contributed by atoms with E-state index < -0.39 is 22.6 Å². The monoisotopic (exact) mass is 714 g/mol. The number of rotatable bonds is 11. The molecule has 258 valence electrons. The highest BCUT2D eigenvalue weighted by Gasteiger charge is 2.21. The standard InChI is InChI=1S/C29H30N12O6.2ClH/c1-38-12-15(9-20(38)26(42)32-8-7-23(30)31)33-27(43)21-10-16(13-39(21)2)34-28(44)22-11-17(14-40(22)3)35-29(45)25-36-18-5-4-6-19(41(46)47)24(18)37-25;;/h4-6,9-14H,7-8H2,1-3H3,(H3,30,31)(H,32,42)(H,33,43)(H,34,44)(H,35,45)(H,36,37);2*1H. The number of aryl methyl sites for hydroxylation is 3. The Hall–Kier alpha value is -6.14. The van der Waals surface area contributed by atoms with Crippen LogP contribution in [0.3, 0.4) is 0 Å². The molecule has 0 fully saturated rings. The van der Waals surface area contributed by atoms with E-state index in [0.29, 0.717) is 22.6 Å². The van der Waals surface area contributed by atoms with Crippen molar-refractivity contribution >= 4 is 88.1 Å². The van der Waals surface area contributed by atoms with Gasteiger partial charge in [-0.25, -0.2) is 4.98 Å². The third kappa shape index (κ3) is 8.24. The van der Waals surface area contributed by atoms with Crippen molar-refractivity contribution in [3.05, 3.63) is 88.0 Å². The third-order valence-corrected chi connectivity index (χ3v) is 7.07. The van der Waals surface area contributed by atoms with Gasteiger partial charge >= 0.3 is 0 Å². The lowest BCUT2D eigenvalue weighted by Gasteiger charge is -2.04. The summed E-state index contributed by atoms with van der Waals surface area (Å²) in [6.45, 7) is 0.203. The highest BCUT2D eigenvalue weighted by Crippen LogP contribution is 2.24. The number of nitro benzene ring substituents is 1. The van der Waals surface area contributed by atoms with Gasteiger partial charge in [0.05, 0.1) is 33.3 Å². The van der Waals surface area contributed by atoms with Crippen molar-refractivity contribution in [3.63, 3.8) is 0 Å². The Morgan fingerprint density at radius 1 is 0.837 bits per heavy atom. The van der Waals surface area contributed by atoms with Gasteiger partial charge in [0.2, 0.25) is 0 Å². The molecular weight excluding hydrogens is 683 g/mol. The summed E-state index contributed by atoms with van der Waals surface area (Å²) in [6, 6.07) is 8.77. The number of aromatic nitrogens is 5. The van der Waals surface area contributed by atoms with E-state index in [1.165, 1.54) is 45.7 Å². The van der Waals surface area contributed by atoms with Crippen LogP contribution in [0.2, 0.25) is 0 Å². The SMILES string of the molecule is Cl.Cl.Cn1cc(NC(=O)c2cc(NC(=O)c3cc(NC(=O)c4nc5c([N+](=O)[O-])cccc5[nH]4)cn3C)cn2C)cc1C(=O)NCCC(=N)N. The molecule has 0 aliphatic carbocycles. The lowest BCUT2D eigenvalue weighted by molar-refractivity contribution is -0.383. The fourth-order valence-corrected chi connectivity index (χ4v) is 4.83. The molecule has 18 nitrogen and oxygen atoms in total. The Balaban J connectivity index is 0.00000325. The lowest BCUT2D eigenvalue weighted by atomic mass is 10.3. The zero-order valence-electron chi connectivity index (χ0n) is 26.2. The number of nitrogens with one attached hydrogen (secondary N) is 6. The number of aromatic amines is 1. The van der Waals surface area contributed by atoms with Crippen LogP contribution in [0.5, 0.6) is 0 Å². The number of carbonyl (C=O) groups excluding carboxylic acids is 4. The third-order valence-electron chi connectivity index (χ3n) is 7.07. The predicted molar refractivity (Wildman–Crippen MR) is 186 cm³/mol. The first kappa shape index (κ1) is 37.3. The molecule has 4 aromatic heterocycles. The molecule has 0 aliphatic rings. The fourth-order valence-electron chi connectivity index (χ4n) is 4.83. The highest BCUT2D eigenvalue weighted by atomic mass is 35.5. The fraction of sp³-hybridized carbons (Fsp3) is 0.172. The molecule has 4 amide bonds. The molecule has 4 heterocycles. The Kier molecular flexibility index (Phi) is 11.6. The van der Waals surface area contributed by atoms with Gasteiger partial charge in [0.25, 0.3) is 29.3 Å². The molecule has 20 heteroatoms. The minimum Gasteiger partial charge on any atom is -0.388 e. The van der Waals surface area contributed by atoms with Crippen molar-refractivity contribution in [2.24, 2.45) is 26.9 Å². The molecule has 0 bridgehead atoms. The van der Waals surface area contributed by atoms with Crippen molar-refractivity contribution in [2.75, 3.05) is 22.5 Å². The largest absolute Gasteiger partial charge is 0.388 e. The van der Waals surface area contributed by atoms with Crippen molar-refractivity contribution in [2.45, 2.75) is 6.42 Å². The number of hydrogen-bond donors (Lipinski definition) is 7. The number of nitrogens with two attached hydrogens (primary N) is 1. The normalized spacial score (nSPS) is 10.4. The molecule has 1 aromatic carbocycles. The van der Waals surface area contributed by atoms with Crippen LogP contribution in [0, 0.1) is 15.5 Å². The second-order valence-electron chi connectivity index (χ2n) is 10.6. The zero-order valence-corrected chi connectivity index (χ0v) is 27.8. The molecule has 49 heavy (non-hydrogen) atoms. The topological polar surface area (TPSA) is 253 Å². The number of carbonyl (C=O) groups is 4. The maximum absolute atomic E-state index is 13.1. The number of para-hydroxylation sites is 1. The summed E-state index contributed by atoms with van der Waals surface area (Å²) in [6.07, 6.45) is 4.86. The zero-order chi connectivity index (χ0) is 34.0. The van der Waals surface area contributed by atoms with Crippen molar-refractivity contribution < 1.29 is 24.1 Å². The van der Waals surface area contributed by atoms with Crippen LogP contribution in [-0.4, -0.2) is 64.6 Å². The quantitative estimate of drug-likeness (QED) is 0.0462. The van der Waals surface area contributed by atoms with Gasteiger partial charge in [-0.1, -0.05) is 6.07 Å². The first-order valence-corrected chi connectivity index (χ1v) is 14.0. The molecule has 0 saturated heterocycles. The van der Waals surface area contributed by atoms with Crippen LogP contribution in [0.25, 0.3) is 11.0 Å². The number of hydrogen-bond acceptors (Lipinski definition) is 8. The Labute approximate surface area is 289 Å².